The van der Waals surface area contributed by atoms with Gasteiger partial charge < -0.3 is 5.32 Å². The van der Waals surface area contributed by atoms with E-state index in [4.69, 9.17) is 0 Å². The van der Waals surface area contributed by atoms with Gasteiger partial charge in [-0.05, 0) is 18.4 Å². The average Bonchev–Trinajstić information content (AvgIpc) is 2.76. The monoisotopic (exact) mass is 343 g/mol. The van der Waals surface area contributed by atoms with Crippen LogP contribution in [0.5, 0.6) is 0 Å². The first-order valence-electron chi connectivity index (χ1n) is 6.20. The van der Waals surface area contributed by atoms with Gasteiger partial charge >= 0.3 is 0 Å². The van der Waals surface area contributed by atoms with Crippen molar-refractivity contribution in [1.29, 1.82) is 0 Å². The van der Waals surface area contributed by atoms with Gasteiger partial charge in [-0.1, -0.05) is 12.1 Å². The summed E-state index contributed by atoms with van der Waals surface area (Å²) in [7, 11) is 0. The van der Waals surface area contributed by atoms with Gasteiger partial charge in [0.1, 0.15) is 6.04 Å². The number of hydrogen-bond acceptors (Lipinski definition) is 4. The number of benzene rings is 1. The fourth-order valence-electron chi connectivity index (χ4n) is 2.64. The van der Waals surface area contributed by atoms with Gasteiger partial charge in [0.05, 0.1) is 12.4 Å². The third-order valence-corrected chi connectivity index (χ3v) is 4.39. The summed E-state index contributed by atoms with van der Waals surface area (Å²) in [5.74, 6) is 0.226. The van der Waals surface area contributed by atoms with Gasteiger partial charge in [-0.25, -0.2) is 0 Å². The number of carbonyl (C=O) groups is 1. The number of hydrogen-bond donors (Lipinski definition) is 1. The van der Waals surface area contributed by atoms with E-state index < -0.39 is 0 Å². The van der Waals surface area contributed by atoms with E-state index >= 15 is 0 Å². The van der Waals surface area contributed by atoms with Gasteiger partial charge in [-0.2, -0.15) is 0 Å². The smallest absolute Gasteiger partial charge is 0.246 e. The summed E-state index contributed by atoms with van der Waals surface area (Å²) in [6.45, 7) is 3.43. The van der Waals surface area contributed by atoms with Crippen molar-refractivity contribution in [1.82, 2.24) is 10.2 Å². The third-order valence-electron chi connectivity index (χ3n) is 3.60. The molecule has 0 spiro atoms. The van der Waals surface area contributed by atoms with Crippen molar-refractivity contribution >= 4 is 40.3 Å². The Balaban J connectivity index is 0.00000133. The summed E-state index contributed by atoms with van der Waals surface area (Å²) in [5.41, 5.74) is 1.05. The van der Waals surface area contributed by atoms with Crippen LogP contribution in [0.2, 0.25) is 0 Å². The Morgan fingerprint density at radius 3 is 2.89 bits per heavy atom. The highest BCUT2D eigenvalue weighted by atomic mass is 79.9. The van der Waals surface area contributed by atoms with Crippen molar-refractivity contribution < 1.29 is 4.79 Å². The van der Waals surface area contributed by atoms with Crippen LogP contribution in [0.3, 0.4) is 0 Å². The molecule has 1 N–H and O–H groups in total. The Morgan fingerprint density at radius 1 is 1.37 bits per heavy atom. The first kappa shape index (κ1) is 14.8. The molecule has 2 fully saturated rings. The number of nitrogens with zero attached hydrogens (tertiary/aromatic N) is 2. The van der Waals surface area contributed by atoms with Crippen LogP contribution in [-0.2, 0) is 4.79 Å². The third kappa shape index (κ3) is 2.67. The Labute approximate surface area is 128 Å². The van der Waals surface area contributed by atoms with E-state index in [2.05, 4.69) is 16.3 Å². The summed E-state index contributed by atoms with van der Waals surface area (Å²) in [5, 5.41) is 3.29. The molecule has 0 saturated carbocycles. The molecule has 2 aliphatic rings. The average molecular weight is 344 g/mol. The number of fused-ring (bicyclic) bond motifs is 1. The summed E-state index contributed by atoms with van der Waals surface area (Å²) >= 11 is 1.69. The number of carbonyl (C=O) groups excluding carboxylic acids is 1. The fraction of sp³-hybridized carbons (Fsp3) is 0.462. The van der Waals surface area contributed by atoms with Crippen LogP contribution < -0.4 is 10.2 Å². The normalized spacial score (nSPS) is 23.1. The minimum Gasteiger partial charge on any atom is -0.313 e. The summed E-state index contributed by atoms with van der Waals surface area (Å²) in [6.07, 6.45) is 2.05. The quantitative estimate of drug-likeness (QED) is 0.826. The van der Waals surface area contributed by atoms with Gasteiger partial charge in [-0.15, -0.1) is 28.7 Å². The molecule has 1 unspecified atom stereocenters. The SMILES string of the molecule is Br.CSc1ccccc1N1CN2CCNCC2C1=O. The zero-order valence-electron chi connectivity index (χ0n) is 10.8. The molecule has 3 rings (SSSR count). The lowest BCUT2D eigenvalue weighted by Gasteiger charge is -2.26. The van der Waals surface area contributed by atoms with E-state index in [9.17, 15) is 4.79 Å². The Hall–Kier alpha value is -0.560. The van der Waals surface area contributed by atoms with Crippen molar-refractivity contribution in [2.24, 2.45) is 0 Å². The van der Waals surface area contributed by atoms with Crippen LogP contribution in [-0.4, -0.2) is 49.4 Å². The molecule has 2 saturated heterocycles. The number of amides is 1. The van der Waals surface area contributed by atoms with E-state index in [1.165, 1.54) is 4.90 Å². The topological polar surface area (TPSA) is 35.6 Å². The Kier molecular flexibility index (Phi) is 4.89. The molecule has 104 valence electrons. The second-order valence-corrected chi connectivity index (χ2v) is 5.46. The van der Waals surface area contributed by atoms with E-state index in [0.29, 0.717) is 0 Å². The number of thioether (sulfide) groups is 1. The lowest BCUT2D eigenvalue weighted by Crippen LogP contribution is -2.50. The van der Waals surface area contributed by atoms with Crippen molar-refractivity contribution in [2.75, 3.05) is 37.5 Å². The molecular formula is C13H18BrN3OS. The van der Waals surface area contributed by atoms with Crippen molar-refractivity contribution in [3.63, 3.8) is 0 Å². The molecule has 0 radical (unpaired) electrons. The number of para-hydroxylation sites is 1. The van der Waals surface area contributed by atoms with E-state index in [1.54, 1.807) is 11.8 Å². The Bertz CT molecular complexity index is 471. The van der Waals surface area contributed by atoms with Crippen molar-refractivity contribution in [2.45, 2.75) is 10.9 Å². The maximum atomic E-state index is 12.4. The number of piperazine rings is 1. The molecule has 0 aliphatic carbocycles. The lowest BCUT2D eigenvalue weighted by molar-refractivity contribution is -0.120. The largest absolute Gasteiger partial charge is 0.313 e. The first-order chi connectivity index (χ1) is 8.81. The molecule has 1 aromatic rings. The van der Waals surface area contributed by atoms with Gasteiger partial charge in [0.15, 0.2) is 0 Å². The standard InChI is InChI=1S/C13H17N3OS.BrH/c1-18-12-5-3-2-4-10(12)16-9-15-7-6-14-8-11(15)13(16)17;/h2-5,11,14H,6-9H2,1H3;1H. The molecule has 2 aliphatic heterocycles. The predicted molar refractivity (Wildman–Crippen MR) is 84.3 cm³/mol. The zero-order valence-corrected chi connectivity index (χ0v) is 13.4. The molecular weight excluding hydrogens is 326 g/mol. The highest BCUT2D eigenvalue weighted by Gasteiger charge is 2.40. The van der Waals surface area contributed by atoms with Crippen LogP contribution in [0.1, 0.15) is 0 Å². The highest BCUT2D eigenvalue weighted by molar-refractivity contribution is 8.93. The molecule has 1 aromatic carbocycles. The maximum absolute atomic E-state index is 12.4. The van der Waals surface area contributed by atoms with E-state index in [1.807, 2.05) is 29.4 Å². The van der Waals surface area contributed by atoms with Crippen molar-refractivity contribution in [3.05, 3.63) is 24.3 Å². The summed E-state index contributed by atoms with van der Waals surface area (Å²) in [6, 6.07) is 8.15. The minimum absolute atomic E-state index is 0. The molecule has 2 heterocycles. The molecule has 0 bridgehead atoms. The zero-order chi connectivity index (χ0) is 12.5. The van der Waals surface area contributed by atoms with Crippen LogP contribution >= 0.6 is 28.7 Å². The minimum atomic E-state index is 0. The Morgan fingerprint density at radius 2 is 2.16 bits per heavy atom. The van der Waals surface area contributed by atoms with Gasteiger partial charge in [0.25, 0.3) is 0 Å². The van der Waals surface area contributed by atoms with Gasteiger partial charge in [0, 0.05) is 24.5 Å². The number of halogens is 1. The second kappa shape index (κ2) is 6.26. The molecule has 6 heteroatoms. The maximum Gasteiger partial charge on any atom is 0.246 e. The number of anilines is 1. The van der Waals surface area contributed by atoms with Gasteiger partial charge in [-0.3, -0.25) is 14.6 Å². The molecule has 4 nitrogen and oxygen atoms in total. The first-order valence-corrected chi connectivity index (χ1v) is 7.43. The summed E-state index contributed by atoms with van der Waals surface area (Å²) < 4.78 is 0. The molecule has 1 amide bonds. The van der Waals surface area contributed by atoms with Gasteiger partial charge in [0.2, 0.25) is 5.91 Å². The van der Waals surface area contributed by atoms with Crippen LogP contribution in [0.25, 0.3) is 0 Å². The van der Waals surface area contributed by atoms with Crippen LogP contribution in [0, 0.1) is 0 Å². The number of nitrogens with one attached hydrogen (secondary N) is 1. The highest BCUT2D eigenvalue weighted by Crippen LogP contribution is 2.32. The molecule has 19 heavy (non-hydrogen) atoms. The lowest BCUT2D eigenvalue weighted by atomic mass is 10.2. The molecule has 1 atom stereocenters. The predicted octanol–water partition coefficient (Wildman–Crippen LogP) is 1.56. The van der Waals surface area contributed by atoms with Crippen LogP contribution in [0.15, 0.2) is 29.2 Å². The second-order valence-electron chi connectivity index (χ2n) is 4.61. The number of rotatable bonds is 2. The fourth-order valence-corrected chi connectivity index (χ4v) is 3.24. The van der Waals surface area contributed by atoms with E-state index in [0.717, 1.165) is 32.0 Å². The molecule has 0 aromatic heterocycles. The van der Waals surface area contributed by atoms with Crippen molar-refractivity contribution in [3.8, 4) is 0 Å². The van der Waals surface area contributed by atoms with E-state index in [-0.39, 0.29) is 28.9 Å². The summed E-state index contributed by atoms with van der Waals surface area (Å²) in [4.78, 5) is 17.8. The van der Waals surface area contributed by atoms with Crippen LogP contribution in [0.4, 0.5) is 5.69 Å².